The minimum absolute atomic E-state index is 0.134. The molecule has 0 unspecified atom stereocenters. The first-order valence-corrected chi connectivity index (χ1v) is 8.04. The van der Waals surface area contributed by atoms with Gasteiger partial charge >= 0.3 is 0 Å². The van der Waals surface area contributed by atoms with Gasteiger partial charge in [0, 0.05) is 18.2 Å². The van der Waals surface area contributed by atoms with Crippen LogP contribution in [0.4, 0.5) is 0 Å². The van der Waals surface area contributed by atoms with Crippen molar-refractivity contribution in [1.29, 1.82) is 0 Å². The van der Waals surface area contributed by atoms with Crippen molar-refractivity contribution >= 4 is 0 Å². The Morgan fingerprint density at radius 3 is 2.72 bits per heavy atom. The Labute approximate surface area is 143 Å². The number of methoxy groups -OCH3 is 1. The maximum Gasteiger partial charge on any atom is 0.263 e. The van der Waals surface area contributed by atoms with Crippen molar-refractivity contribution in [2.45, 2.75) is 12.3 Å². The van der Waals surface area contributed by atoms with Gasteiger partial charge in [-0.15, -0.1) is 0 Å². The second-order valence-corrected chi connectivity index (χ2v) is 5.86. The van der Waals surface area contributed by atoms with E-state index in [1.54, 1.807) is 13.2 Å². The van der Waals surface area contributed by atoms with Crippen molar-refractivity contribution in [2.75, 3.05) is 20.3 Å². The summed E-state index contributed by atoms with van der Waals surface area (Å²) in [5, 5.41) is 3.98. The maximum atomic E-state index is 12.4. The summed E-state index contributed by atoms with van der Waals surface area (Å²) in [7, 11) is 1.61. The molecular formula is C18H17N3O4. The molecule has 0 radical (unpaired) electrons. The molecule has 1 N–H and O–H groups in total. The van der Waals surface area contributed by atoms with E-state index >= 15 is 0 Å². The van der Waals surface area contributed by atoms with Crippen molar-refractivity contribution < 1.29 is 14.0 Å². The lowest BCUT2D eigenvalue weighted by Gasteiger charge is -2.04. The van der Waals surface area contributed by atoms with Crippen molar-refractivity contribution in [1.82, 2.24) is 15.1 Å². The van der Waals surface area contributed by atoms with Crippen LogP contribution in [0.5, 0.6) is 5.75 Å². The number of ether oxygens (including phenoxy) is 2. The van der Waals surface area contributed by atoms with E-state index in [0.717, 1.165) is 17.7 Å². The fourth-order valence-electron chi connectivity index (χ4n) is 2.83. The average molecular weight is 339 g/mol. The topological polar surface area (TPSA) is 90.2 Å². The van der Waals surface area contributed by atoms with Crippen LogP contribution < -0.4 is 10.3 Å². The summed E-state index contributed by atoms with van der Waals surface area (Å²) in [6, 6.07) is 11.0. The van der Waals surface area contributed by atoms with Crippen LogP contribution in [0.15, 0.2) is 45.7 Å². The van der Waals surface area contributed by atoms with Gasteiger partial charge in [-0.25, -0.2) is 0 Å². The van der Waals surface area contributed by atoms with Gasteiger partial charge in [0.15, 0.2) is 5.82 Å². The number of aromatic nitrogens is 3. The summed E-state index contributed by atoms with van der Waals surface area (Å²) < 4.78 is 15.7. The zero-order chi connectivity index (χ0) is 17.2. The van der Waals surface area contributed by atoms with E-state index in [4.69, 9.17) is 14.0 Å². The third-order valence-corrected chi connectivity index (χ3v) is 4.28. The van der Waals surface area contributed by atoms with Crippen LogP contribution in [0, 0.1) is 0 Å². The van der Waals surface area contributed by atoms with Crippen molar-refractivity contribution in [3.8, 4) is 28.5 Å². The van der Waals surface area contributed by atoms with Crippen LogP contribution in [0.1, 0.15) is 18.2 Å². The molecule has 1 saturated heterocycles. The second-order valence-electron chi connectivity index (χ2n) is 5.86. The first kappa shape index (κ1) is 15.6. The van der Waals surface area contributed by atoms with Gasteiger partial charge in [0.05, 0.1) is 13.7 Å². The third kappa shape index (κ3) is 3.06. The van der Waals surface area contributed by atoms with Gasteiger partial charge in [-0.2, -0.15) is 4.98 Å². The van der Waals surface area contributed by atoms with Crippen molar-refractivity contribution in [3.63, 3.8) is 0 Å². The number of hydrogen-bond acceptors (Lipinski definition) is 6. The monoisotopic (exact) mass is 339 g/mol. The Kier molecular flexibility index (Phi) is 4.07. The highest BCUT2D eigenvalue weighted by Crippen LogP contribution is 2.25. The van der Waals surface area contributed by atoms with Crippen molar-refractivity contribution in [3.05, 3.63) is 52.6 Å². The lowest BCUT2D eigenvalue weighted by molar-refractivity contribution is 0.192. The predicted molar refractivity (Wildman–Crippen MR) is 90.5 cm³/mol. The molecule has 4 rings (SSSR count). The fourth-order valence-corrected chi connectivity index (χ4v) is 2.83. The molecule has 1 aliphatic rings. The molecule has 7 heteroatoms. The van der Waals surface area contributed by atoms with E-state index in [1.165, 1.54) is 0 Å². The number of rotatable bonds is 4. The minimum atomic E-state index is -0.272. The summed E-state index contributed by atoms with van der Waals surface area (Å²) in [6.07, 6.45) is 0.867. The zero-order valence-electron chi connectivity index (χ0n) is 13.7. The summed E-state index contributed by atoms with van der Waals surface area (Å²) in [5.74, 6) is 1.71. The number of benzene rings is 1. The quantitative estimate of drug-likeness (QED) is 0.786. The molecule has 1 atom stereocenters. The molecule has 0 spiro atoms. The first-order chi connectivity index (χ1) is 12.2. The second kappa shape index (κ2) is 6.52. The highest BCUT2D eigenvalue weighted by Gasteiger charge is 2.24. The lowest BCUT2D eigenvalue weighted by atomic mass is 10.1. The Bertz CT molecular complexity index is 924. The predicted octanol–water partition coefficient (Wildman–Crippen LogP) is 2.60. The molecule has 3 heterocycles. The van der Waals surface area contributed by atoms with Crippen LogP contribution in [-0.4, -0.2) is 35.4 Å². The molecule has 1 fully saturated rings. The van der Waals surface area contributed by atoms with Crippen LogP contribution in [0.3, 0.4) is 0 Å². The summed E-state index contributed by atoms with van der Waals surface area (Å²) in [4.78, 5) is 19.6. The SMILES string of the molecule is COc1ccc(-c2ccc(-c3nc([C@H]4CCOC4)no3)c(=O)[nH]2)cc1. The first-order valence-electron chi connectivity index (χ1n) is 8.04. The number of nitrogens with one attached hydrogen (secondary N) is 1. The van der Waals surface area contributed by atoms with E-state index in [0.29, 0.717) is 30.3 Å². The molecule has 7 nitrogen and oxygen atoms in total. The van der Waals surface area contributed by atoms with E-state index in [2.05, 4.69) is 15.1 Å². The largest absolute Gasteiger partial charge is 0.497 e. The van der Waals surface area contributed by atoms with Gasteiger partial charge in [-0.05, 0) is 48.4 Å². The molecule has 25 heavy (non-hydrogen) atoms. The average Bonchev–Trinajstić information content (AvgIpc) is 3.33. The summed E-state index contributed by atoms with van der Waals surface area (Å²) >= 11 is 0. The van der Waals surface area contributed by atoms with Gasteiger partial charge in [0.25, 0.3) is 11.4 Å². The lowest BCUT2D eigenvalue weighted by Crippen LogP contribution is -2.09. The molecule has 3 aromatic rings. The van der Waals surface area contributed by atoms with Crippen LogP contribution >= 0.6 is 0 Å². The van der Waals surface area contributed by atoms with E-state index < -0.39 is 0 Å². The molecule has 2 aromatic heterocycles. The molecule has 128 valence electrons. The smallest absolute Gasteiger partial charge is 0.263 e. The van der Waals surface area contributed by atoms with E-state index in [1.807, 2.05) is 30.3 Å². The van der Waals surface area contributed by atoms with Crippen LogP contribution in [0.2, 0.25) is 0 Å². The third-order valence-electron chi connectivity index (χ3n) is 4.28. The van der Waals surface area contributed by atoms with Crippen LogP contribution in [-0.2, 0) is 4.74 Å². The van der Waals surface area contributed by atoms with E-state index in [-0.39, 0.29) is 17.4 Å². The normalized spacial score (nSPS) is 16.9. The highest BCUT2D eigenvalue weighted by atomic mass is 16.5. The number of nitrogens with zero attached hydrogens (tertiary/aromatic N) is 2. The molecular weight excluding hydrogens is 322 g/mol. The molecule has 0 amide bonds. The minimum Gasteiger partial charge on any atom is -0.497 e. The molecule has 0 saturated carbocycles. The van der Waals surface area contributed by atoms with Gasteiger partial charge < -0.3 is 19.0 Å². The molecule has 1 aromatic carbocycles. The Morgan fingerprint density at radius 1 is 1.20 bits per heavy atom. The van der Waals surface area contributed by atoms with Crippen molar-refractivity contribution in [2.24, 2.45) is 0 Å². The summed E-state index contributed by atoms with van der Waals surface area (Å²) in [5.41, 5.74) is 1.68. The van der Waals surface area contributed by atoms with Crippen LogP contribution in [0.25, 0.3) is 22.7 Å². The van der Waals surface area contributed by atoms with E-state index in [9.17, 15) is 4.79 Å². The Morgan fingerprint density at radius 2 is 2.04 bits per heavy atom. The van der Waals surface area contributed by atoms with Gasteiger partial charge in [-0.1, -0.05) is 5.16 Å². The Hall–Kier alpha value is -2.93. The standard InChI is InChI=1S/C18H17N3O4/c1-23-13-4-2-11(3-5-13)15-7-6-14(17(22)19-15)18-20-16(21-25-18)12-8-9-24-10-12/h2-7,12H,8-10H2,1H3,(H,19,22)/t12-/m0/s1. The van der Waals surface area contributed by atoms with Gasteiger partial charge in [0.2, 0.25) is 0 Å². The zero-order valence-corrected chi connectivity index (χ0v) is 13.7. The molecule has 1 aliphatic heterocycles. The molecule has 0 aliphatic carbocycles. The number of hydrogen-bond donors (Lipinski definition) is 1. The maximum absolute atomic E-state index is 12.4. The number of H-pyrrole nitrogens is 1. The molecule has 0 bridgehead atoms. The Balaban J connectivity index is 1.62. The van der Waals surface area contributed by atoms with Gasteiger partial charge in [0.1, 0.15) is 11.3 Å². The number of aromatic amines is 1. The summed E-state index contributed by atoms with van der Waals surface area (Å²) in [6.45, 7) is 1.29. The number of pyridine rings is 1. The highest BCUT2D eigenvalue weighted by molar-refractivity contribution is 5.63. The van der Waals surface area contributed by atoms with Gasteiger partial charge in [-0.3, -0.25) is 4.79 Å². The fraction of sp³-hybridized carbons (Fsp3) is 0.278.